The Kier molecular flexibility index (Phi) is 7.25. The maximum absolute atomic E-state index is 11.7. The van der Waals surface area contributed by atoms with Gasteiger partial charge in [-0.3, -0.25) is 9.59 Å². The van der Waals surface area contributed by atoms with E-state index >= 15 is 0 Å². The van der Waals surface area contributed by atoms with Crippen molar-refractivity contribution in [3.63, 3.8) is 0 Å². The summed E-state index contributed by atoms with van der Waals surface area (Å²) in [5, 5.41) is 0. The van der Waals surface area contributed by atoms with E-state index in [9.17, 15) is 9.59 Å². The van der Waals surface area contributed by atoms with Gasteiger partial charge in [0.2, 0.25) is 0 Å². The van der Waals surface area contributed by atoms with Crippen LogP contribution in [0, 0.1) is 12.8 Å². The van der Waals surface area contributed by atoms with E-state index in [-0.39, 0.29) is 18.0 Å². The van der Waals surface area contributed by atoms with Crippen molar-refractivity contribution < 1.29 is 19.1 Å². The number of carbonyl (C=O) groups excluding carboxylic acids is 2. The molecule has 2 unspecified atom stereocenters. The van der Waals surface area contributed by atoms with Gasteiger partial charge >= 0.3 is 5.97 Å². The van der Waals surface area contributed by atoms with Crippen molar-refractivity contribution >= 4 is 11.8 Å². The van der Waals surface area contributed by atoms with Gasteiger partial charge in [-0.1, -0.05) is 29.8 Å². The van der Waals surface area contributed by atoms with Crippen LogP contribution in [0.15, 0.2) is 24.3 Å². The quantitative estimate of drug-likeness (QED) is 0.544. The normalized spacial score (nSPS) is 13.7. The van der Waals surface area contributed by atoms with Crippen LogP contribution < -0.4 is 0 Å². The topological polar surface area (TPSA) is 52.6 Å². The molecule has 1 rings (SSSR count). The van der Waals surface area contributed by atoms with E-state index < -0.39 is 11.9 Å². The number of hydrogen-bond acceptors (Lipinski definition) is 4. The van der Waals surface area contributed by atoms with Crippen LogP contribution in [0.25, 0.3) is 0 Å². The number of aryl methyl sites for hydroxylation is 1. The third kappa shape index (κ3) is 5.60. The van der Waals surface area contributed by atoms with Crippen LogP contribution in [0.1, 0.15) is 50.8 Å². The molecule has 1 aromatic rings. The maximum atomic E-state index is 11.7. The lowest BCUT2D eigenvalue weighted by Crippen LogP contribution is -2.24. The van der Waals surface area contributed by atoms with Crippen LogP contribution in [0.3, 0.4) is 0 Å². The molecule has 0 saturated carbocycles. The lowest BCUT2D eigenvalue weighted by atomic mass is 9.94. The Bertz CT molecular complexity index is 490. The SMILES string of the molecule is COC(=O)C(CCC(OC(C)C)c1ccc(C)cc1)C(C)=O. The highest BCUT2D eigenvalue weighted by molar-refractivity contribution is 5.97. The first-order chi connectivity index (χ1) is 10.3. The Morgan fingerprint density at radius 3 is 2.14 bits per heavy atom. The third-order valence-corrected chi connectivity index (χ3v) is 3.58. The second-order valence-electron chi connectivity index (χ2n) is 5.85. The minimum absolute atomic E-state index is 0.0696. The summed E-state index contributed by atoms with van der Waals surface area (Å²) in [5.41, 5.74) is 2.25. The molecular formula is C18H26O4. The van der Waals surface area contributed by atoms with E-state index in [1.165, 1.54) is 19.6 Å². The van der Waals surface area contributed by atoms with Gasteiger partial charge in [0, 0.05) is 0 Å². The molecule has 0 fully saturated rings. The molecule has 0 N–H and O–H groups in total. The van der Waals surface area contributed by atoms with Gasteiger partial charge in [-0.2, -0.15) is 0 Å². The molecule has 0 aliphatic heterocycles. The molecule has 22 heavy (non-hydrogen) atoms. The Morgan fingerprint density at radius 2 is 1.68 bits per heavy atom. The summed E-state index contributed by atoms with van der Waals surface area (Å²) in [6, 6.07) is 8.14. The zero-order valence-corrected chi connectivity index (χ0v) is 14.1. The van der Waals surface area contributed by atoms with Gasteiger partial charge in [-0.15, -0.1) is 0 Å². The van der Waals surface area contributed by atoms with Gasteiger partial charge in [-0.05, 0) is 46.1 Å². The van der Waals surface area contributed by atoms with E-state index in [0.29, 0.717) is 12.8 Å². The molecule has 0 heterocycles. The molecule has 0 radical (unpaired) electrons. The summed E-state index contributed by atoms with van der Waals surface area (Å²) in [6.07, 6.45) is 0.959. The fraction of sp³-hybridized carbons (Fsp3) is 0.556. The fourth-order valence-corrected chi connectivity index (χ4v) is 2.37. The number of methoxy groups -OCH3 is 1. The first-order valence-electron chi connectivity index (χ1n) is 7.65. The number of carbonyl (C=O) groups is 2. The van der Waals surface area contributed by atoms with Crippen LogP contribution in [0.2, 0.25) is 0 Å². The Labute approximate surface area is 132 Å². The highest BCUT2D eigenvalue weighted by atomic mass is 16.5. The molecule has 0 aromatic heterocycles. The summed E-state index contributed by atoms with van der Waals surface area (Å²) in [4.78, 5) is 23.3. The molecule has 1 aromatic carbocycles. The van der Waals surface area contributed by atoms with E-state index in [0.717, 1.165) is 5.56 Å². The smallest absolute Gasteiger partial charge is 0.316 e. The molecule has 0 amide bonds. The second-order valence-corrected chi connectivity index (χ2v) is 5.85. The van der Waals surface area contributed by atoms with Crippen molar-refractivity contribution in [2.24, 2.45) is 5.92 Å². The van der Waals surface area contributed by atoms with Crippen molar-refractivity contribution in [1.82, 2.24) is 0 Å². The van der Waals surface area contributed by atoms with Crippen molar-refractivity contribution in [1.29, 1.82) is 0 Å². The molecule has 122 valence electrons. The first-order valence-corrected chi connectivity index (χ1v) is 7.65. The summed E-state index contributed by atoms with van der Waals surface area (Å²) >= 11 is 0. The van der Waals surface area contributed by atoms with Crippen LogP contribution in [0.4, 0.5) is 0 Å². The Balaban J connectivity index is 2.82. The standard InChI is InChI=1S/C18H26O4/c1-12(2)22-17(15-8-6-13(3)7-9-15)11-10-16(14(4)19)18(20)21-5/h6-9,12,16-17H,10-11H2,1-5H3. The van der Waals surface area contributed by atoms with Gasteiger partial charge in [-0.25, -0.2) is 0 Å². The number of esters is 1. The van der Waals surface area contributed by atoms with Crippen LogP contribution in [-0.4, -0.2) is 25.0 Å². The number of ketones is 1. The lowest BCUT2D eigenvalue weighted by Gasteiger charge is -2.22. The number of Topliss-reactive ketones (excluding diaryl/α,β-unsaturated/α-hetero) is 1. The zero-order valence-electron chi connectivity index (χ0n) is 14.1. The number of ether oxygens (including phenoxy) is 2. The minimum atomic E-state index is -0.714. The average molecular weight is 306 g/mol. The lowest BCUT2D eigenvalue weighted by molar-refractivity contribution is -0.149. The van der Waals surface area contributed by atoms with Gasteiger partial charge in [0.05, 0.1) is 19.3 Å². The van der Waals surface area contributed by atoms with Crippen molar-refractivity contribution in [2.45, 2.75) is 52.7 Å². The zero-order chi connectivity index (χ0) is 16.7. The molecule has 0 spiro atoms. The van der Waals surface area contributed by atoms with E-state index in [2.05, 4.69) is 0 Å². The molecule has 4 nitrogen and oxygen atoms in total. The molecule has 0 aliphatic carbocycles. The van der Waals surface area contributed by atoms with Crippen molar-refractivity contribution in [3.05, 3.63) is 35.4 Å². The molecular weight excluding hydrogens is 280 g/mol. The second kappa shape index (κ2) is 8.69. The van der Waals surface area contributed by atoms with Crippen LogP contribution in [-0.2, 0) is 19.1 Å². The highest BCUT2D eigenvalue weighted by Crippen LogP contribution is 2.27. The predicted octanol–water partition coefficient (Wildman–Crippen LogP) is 3.62. The molecule has 0 bridgehead atoms. The van der Waals surface area contributed by atoms with Crippen LogP contribution in [0.5, 0.6) is 0 Å². The molecule has 4 heteroatoms. The van der Waals surface area contributed by atoms with Gasteiger partial charge < -0.3 is 9.47 Å². The third-order valence-electron chi connectivity index (χ3n) is 3.58. The Hall–Kier alpha value is -1.68. The van der Waals surface area contributed by atoms with E-state index in [4.69, 9.17) is 9.47 Å². The average Bonchev–Trinajstić information content (AvgIpc) is 2.46. The summed E-state index contributed by atoms with van der Waals surface area (Å²) in [6.45, 7) is 7.41. The maximum Gasteiger partial charge on any atom is 0.316 e. The summed E-state index contributed by atoms with van der Waals surface area (Å²) < 4.78 is 10.7. The number of benzene rings is 1. The predicted molar refractivity (Wildman–Crippen MR) is 85.6 cm³/mol. The van der Waals surface area contributed by atoms with Gasteiger partial charge in [0.25, 0.3) is 0 Å². The molecule has 2 atom stereocenters. The molecule has 0 aliphatic rings. The summed E-state index contributed by atoms with van der Waals surface area (Å²) in [5.74, 6) is -1.35. The minimum Gasteiger partial charge on any atom is -0.468 e. The summed E-state index contributed by atoms with van der Waals surface area (Å²) in [7, 11) is 1.31. The van der Waals surface area contributed by atoms with Crippen molar-refractivity contribution in [3.8, 4) is 0 Å². The number of rotatable bonds is 8. The van der Waals surface area contributed by atoms with Crippen molar-refractivity contribution in [2.75, 3.05) is 7.11 Å². The first kappa shape index (κ1) is 18.4. The monoisotopic (exact) mass is 306 g/mol. The fourth-order valence-electron chi connectivity index (χ4n) is 2.37. The van der Waals surface area contributed by atoms with E-state index in [1.54, 1.807) is 0 Å². The van der Waals surface area contributed by atoms with Crippen LogP contribution >= 0.6 is 0 Å². The highest BCUT2D eigenvalue weighted by Gasteiger charge is 2.26. The number of hydrogen-bond donors (Lipinski definition) is 0. The van der Waals surface area contributed by atoms with Gasteiger partial charge in [0.15, 0.2) is 0 Å². The Morgan fingerprint density at radius 1 is 1.09 bits per heavy atom. The van der Waals surface area contributed by atoms with Gasteiger partial charge in [0.1, 0.15) is 11.7 Å². The largest absolute Gasteiger partial charge is 0.468 e. The van der Waals surface area contributed by atoms with E-state index in [1.807, 2.05) is 45.0 Å². The molecule has 0 saturated heterocycles.